The first-order valence-electron chi connectivity index (χ1n) is 14.6. The molecule has 12 nitrogen and oxygen atoms in total. The number of likely N-dealkylation sites (N-methyl/N-ethyl adjacent to an activating group) is 1. The fraction of sp³-hybridized carbons (Fsp3) is 0.156. The zero-order chi connectivity index (χ0) is 38.1. The van der Waals surface area contributed by atoms with Crippen LogP contribution < -0.4 is 16.2 Å². The van der Waals surface area contributed by atoms with Gasteiger partial charge in [0.15, 0.2) is 0 Å². The van der Waals surface area contributed by atoms with Gasteiger partial charge in [-0.3, -0.25) is 15.8 Å². The Kier molecular flexibility index (Phi) is 14.3. The Morgan fingerprint density at radius 1 is 0.863 bits per heavy atom. The molecule has 0 amide bonds. The van der Waals surface area contributed by atoms with E-state index in [0.717, 1.165) is 40.4 Å². The molecule has 0 bridgehead atoms. The molecule has 5 rings (SSSR count). The number of hydrazine groups is 1. The van der Waals surface area contributed by atoms with E-state index in [4.69, 9.17) is 16.4 Å². The zero-order valence-electron chi connectivity index (χ0n) is 27.8. The van der Waals surface area contributed by atoms with Crippen molar-refractivity contribution in [1.82, 2.24) is 34.6 Å². The van der Waals surface area contributed by atoms with Crippen LogP contribution in [0.5, 0.6) is 0 Å². The summed E-state index contributed by atoms with van der Waals surface area (Å²) in [4.78, 5) is 19.8. The van der Waals surface area contributed by atoms with Gasteiger partial charge >= 0.3 is 33.0 Å². The van der Waals surface area contributed by atoms with Crippen molar-refractivity contribution < 1.29 is 30.1 Å². The number of hydrogen-bond donors (Lipinski definition) is 3. The second-order valence-corrected chi connectivity index (χ2v) is 12.7. The Hall–Kier alpha value is -5.94. The van der Waals surface area contributed by atoms with Gasteiger partial charge in [-0.1, -0.05) is 12.1 Å². The molecule has 5 aromatic rings. The number of rotatable bonds is 7. The van der Waals surface area contributed by atoms with Crippen LogP contribution in [0.3, 0.4) is 0 Å². The third-order valence-electron chi connectivity index (χ3n) is 5.63. The van der Waals surface area contributed by atoms with E-state index in [1.165, 1.54) is 4.90 Å². The first kappa shape index (κ1) is 41.2. The van der Waals surface area contributed by atoms with Gasteiger partial charge in [-0.05, 0) is 48.5 Å². The van der Waals surface area contributed by atoms with Crippen LogP contribution in [0.25, 0.3) is 22.5 Å². The van der Waals surface area contributed by atoms with Gasteiger partial charge in [-0.2, -0.15) is 15.6 Å². The molecular formula is C32H35F6N12P. The third kappa shape index (κ3) is 18.4. The van der Waals surface area contributed by atoms with Crippen LogP contribution in [-0.2, 0) is 0 Å². The summed E-state index contributed by atoms with van der Waals surface area (Å²) in [6, 6.07) is 22.4. The van der Waals surface area contributed by atoms with Crippen molar-refractivity contribution in [3.63, 3.8) is 0 Å². The quantitative estimate of drug-likeness (QED) is 0.0789. The summed E-state index contributed by atoms with van der Waals surface area (Å²) >= 11 is 0. The molecule has 0 aliphatic rings. The van der Waals surface area contributed by atoms with Gasteiger partial charge in [-0.25, -0.2) is 14.6 Å². The molecule has 51 heavy (non-hydrogen) atoms. The molecule has 0 saturated carbocycles. The van der Waals surface area contributed by atoms with Crippen molar-refractivity contribution in [2.75, 3.05) is 40.2 Å². The van der Waals surface area contributed by atoms with Gasteiger partial charge in [0.2, 0.25) is 0 Å². The zero-order valence-corrected chi connectivity index (χ0v) is 28.7. The normalized spacial score (nSPS) is 12.1. The van der Waals surface area contributed by atoms with Crippen LogP contribution in [0.2, 0.25) is 0 Å². The van der Waals surface area contributed by atoms with Crippen LogP contribution >= 0.6 is 7.81 Å². The number of hydrogen-bond acceptors (Lipinski definition) is 10. The number of anilines is 1. The molecule has 5 heterocycles. The molecular weight excluding hydrogens is 697 g/mol. The number of nitrogens with two attached hydrogens (primary N) is 1. The summed E-state index contributed by atoms with van der Waals surface area (Å²) in [5.74, 6) is 5.06. The molecule has 0 atom stereocenters. The number of nitriles is 2. The first-order chi connectivity index (χ1) is 23.8. The summed E-state index contributed by atoms with van der Waals surface area (Å²) < 4.78 is 60.9. The van der Waals surface area contributed by atoms with Gasteiger partial charge in [0.05, 0.1) is 55.4 Å². The van der Waals surface area contributed by atoms with E-state index < -0.39 is 7.81 Å². The SMILES string of the molecule is CN(C)/C=C(\C[NH+](C)C)c1cccc(C#N)n1.F[P-](F)(F)(F)(F)F.N#Cc1cccc(-c2cnn(-c3cccnc3)c2)n1.NNc1cccnc1. The summed E-state index contributed by atoms with van der Waals surface area (Å²) in [5, 5.41) is 22.0. The summed E-state index contributed by atoms with van der Waals surface area (Å²) in [6.45, 7) is 0.875. The monoisotopic (exact) mass is 732 g/mol. The standard InChI is InChI=1S/C14H9N5.C13H18N4.C5H7N3.F6P/c15-7-12-3-1-5-14(18-12)11-8-17-19(10-11)13-4-2-6-16-9-13;1-16(2)9-11(10-17(3)4)13-7-5-6-12(8-14)15-13;6-8-5-2-1-3-7-4-5;1-7(2,3,4,5)6/h1-6,8-10H;5-7,9H,10H2,1-4H3;1-4,8H,6H2;/q;;;-1/p+1/b;11-9+;;. The van der Waals surface area contributed by atoms with Crippen LogP contribution in [0.4, 0.5) is 30.9 Å². The average Bonchev–Trinajstić information content (AvgIpc) is 3.58. The van der Waals surface area contributed by atoms with E-state index in [1.807, 2.05) is 79.8 Å². The molecule has 0 fully saturated rings. The van der Waals surface area contributed by atoms with Gasteiger partial charge in [0, 0.05) is 50.0 Å². The molecule has 0 saturated heterocycles. The third-order valence-corrected chi connectivity index (χ3v) is 5.63. The van der Waals surface area contributed by atoms with Gasteiger partial charge in [0.25, 0.3) is 0 Å². The van der Waals surface area contributed by atoms with Gasteiger partial charge in [-0.15, -0.1) is 0 Å². The predicted octanol–water partition coefficient (Wildman–Crippen LogP) is 5.95. The molecule has 0 aliphatic carbocycles. The van der Waals surface area contributed by atoms with Crippen molar-refractivity contribution in [3.05, 3.63) is 121 Å². The van der Waals surface area contributed by atoms with Crippen molar-refractivity contribution in [2.45, 2.75) is 0 Å². The minimum Gasteiger partial charge on any atom is -0.323 e. The van der Waals surface area contributed by atoms with E-state index in [-0.39, 0.29) is 0 Å². The summed E-state index contributed by atoms with van der Waals surface area (Å²) in [6.07, 6.45) is 12.4. The number of quaternary nitrogens is 1. The molecule has 0 radical (unpaired) electrons. The minimum atomic E-state index is -10.7. The Morgan fingerprint density at radius 3 is 1.94 bits per heavy atom. The van der Waals surface area contributed by atoms with Crippen LogP contribution in [0, 0.1) is 22.7 Å². The summed E-state index contributed by atoms with van der Waals surface area (Å²) in [5.41, 5.74) is 8.62. The molecule has 4 N–H and O–H groups in total. The number of nitrogen functional groups attached to an aromatic ring is 1. The Balaban J connectivity index is 0.000000256. The maximum atomic E-state index is 9.87. The van der Waals surface area contributed by atoms with Crippen LogP contribution in [-0.4, -0.2) is 69.4 Å². The van der Waals surface area contributed by atoms with Crippen molar-refractivity contribution in [2.24, 2.45) is 5.84 Å². The van der Waals surface area contributed by atoms with E-state index in [0.29, 0.717) is 11.4 Å². The number of nitrogens with one attached hydrogen (secondary N) is 2. The molecule has 5 aromatic heterocycles. The van der Waals surface area contributed by atoms with Crippen molar-refractivity contribution in [1.29, 1.82) is 10.5 Å². The molecule has 0 unspecified atom stereocenters. The van der Waals surface area contributed by atoms with Crippen LogP contribution in [0.15, 0.2) is 104 Å². The van der Waals surface area contributed by atoms with Gasteiger partial charge in [0.1, 0.15) is 30.1 Å². The van der Waals surface area contributed by atoms with Gasteiger partial charge < -0.3 is 15.2 Å². The van der Waals surface area contributed by atoms with E-state index in [9.17, 15) is 25.2 Å². The molecule has 0 aliphatic heterocycles. The minimum absolute atomic E-state index is 0.395. The Morgan fingerprint density at radius 2 is 1.45 bits per heavy atom. The smallest absolute Gasteiger partial charge is 0.141 e. The molecule has 270 valence electrons. The predicted molar refractivity (Wildman–Crippen MR) is 183 cm³/mol. The first-order valence-corrected chi connectivity index (χ1v) is 16.6. The Bertz CT molecular complexity index is 1930. The maximum Gasteiger partial charge on any atom is 0.141 e. The second kappa shape index (κ2) is 17.6. The number of pyridine rings is 4. The number of aromatic nitrogens is 6. The topological polar surface area (TPSA) is 163 Å². The fourth-order valence-electron chi connectivity index (χ4n) is 3.76. The average molecular weight is 733 g/mol. The van der Waals surface area contributed by atoms with Crippen molar-refractivity contribution >= 4 is 19.1 Å². The Labute approximate surface area is 290 Å². The summed E-state index contributed by atoms with van der Waals surface area (Å²) in [7, 11) is -2.50. The molecule has 0 aromatic carbocycles. The van der Waals surface area contributed by atoms with Crippen molar-refractivity contribution in [3.8, 4) is 29.1 Å². The van der Waals surface area contributed by atoms with E-state index in [2.05, 4.69) is 56.8 Å². The van der Waals surface area contributed by atoms with E-state index in [1.54, 1.807) is 47.8 Å². The maximum absolute atomic E-state index is 10.7. The molecule has 0 spiro atoms. The van der Waals surface area contributed by atoms with Crippen LogP contribution in [0.1, 0.15) is 17.1 Å². The molecule has 19 heteroatoms. The fourth-order valence-corrected chi connectivity index (χ4v) is 3.76. The number of nitrogens with zero attached hydrogens (tertiary/aromatic N) is 9. The number of halogens is 6. The van der Waals surface area contributed by atoms with E-state index >= 15 is 0 Å². The second-order valence-electron chi connectivity index (χ2n) is 10.8. The largest absolute Gasteiger partial charge is 0.323 e.